The topological polar surface area (TPSA) is 179 Å². The van der Waals surface area contributed by atoms with Gasteiger partial charge in [-0.2, -0.15) is 0 Å². The first-order valence-electron chi connectivity index (χ1n) is 17.2. The van der Waals surface area contributed by atoms with Gasteiger partial charge in [0, 0.05) is 30.7 Å². The molecule has 3 N–H and O–H groups in total. The number of methoxy groups -OCH3 is 3. The fraction of sp³-hybridized carbons (Fsp3) is 0.474. The van der Waals surface area contributed by atoms with Crippen LogP contribution in [0.5, 0.6) is 17.2 Å². The molecule has 2 saturated heterocycles. The third-order valence-electron chi connectivity index (χ3n) is 9.80. The highest BCUT2D eigenvalue weighted by atomic mass is 16.7. The van der Waals surface area contributed by atoms with Crippen LogP contribution in [0, 0.1) is 15.5 Å². The molecule has 3 amide bonds. The Morgan fingerprint density at radius 1 is 0.904 bits per heavy atom. The van der Waals surface area contributed by atoms with E-state index in [1.54, 1.807) is 61.5 Å². The van der Waals surface area contributed by atoms with Gasteiger partial charge in [0.2, 0.25) is 12.5 Å². The number of carbonyl (C=O) groups excluding carboxylic acids is 2. The molecule has 3 aromatic carbocycles. The van der Waals surface area contributed by atoms with Gasteiger partial charge in [0.25, 0.3) is 5.91 Å². The summed E-state index contributed by atoms with van der Waals surface area (Å²) in [5.41, 5.74) is -1.08. The van der Waals surface area contributed by atoms with Crippen LogP contribution < -0.4 is 19.5 Å². The minimum absolute atomic E-state index is 0.0119. The van der Waals surface area contributed by atoms with Crippen LogP contribution in [-0.2, 0) is 33.5 Å². The second kappa shape index (κ2) is 16.3. The Bertz CT molecular complexity index is 1740. The van der Waals surface area contributed by atoms with Gasteiger partial charge < -0.3 is 33.9 Å². The largest absolute Gasteiger partial charge is 0.496 e. The molecule has 0 spiro atoms. The maximum Gasteiger partial charge on any atom is 0.328 e. The Labute approximate surface area is 302 Å². The van der Waals surface area contributed by atoms with E-state index in [2.05, 4.69) is 5.32 Å². The molecule has 0 aliphatic carbocycles. The van der Waals surface area contributed by atoms with Crippen molar-refractivity contribution in [3.63, 3.8) is 0 Å². The van der Waals surface area contributed by atoms with E-state index in [-0.39, 0.29) is 58.2 Å². The van der Waals surface area contributed by atoms with E-state index in [0.717, 1.165) is 5.56 Å². The van der Waals surface area contributed by atoms with Gasteiger partial charge in [0.05, 0.1) is 45.9 Å². The summed E-state index contributed by atoms with van der Waals surface area (Å²) in [6.07, 6.45) is -2.48. The van der Waals surface area contributed by atoms with Gasteiger partial charge in [-0.15, -0.1) is 0 Å². The first kappa shape index (κ1) is 38.5. The van der Waals surface area contributed by atoms with Crippen LogP contribution in [0.25, 0.3) is 0 Å². The van der Waals surface area contributed by atoms with Crippen molar-refractivity contribution in [2.24, 2.45) is 5.41 Å². The summed E-state index contributed by atoms with van der Waals surface area (Å²) in [5, 5.41) is 38.2. The predicted octanol–water partition coefficient (Wildman–Crippen LogP) is 3.91. The number of nitrogens with zero attached hydrogens (tertiary/aromatic N) is 2. The second-order valence-corrected chi connectivity index (χ2v) is 13.6. The zero-order valence-electron chi connectivity index (χ0n) is 29.9. The van der Waals surface area contributed by atoms with Gasteiger partial charge in [0.15, 0.2) is 0 Å². The highest BCUT2D eigenvalue weighted by Gasteiger charge is 2.64. The third-order valence-corrected chi connectivity index (χ3v) is 9.80. The monoisotopic (exact) mass is 721 g/mol. The van der Waals surface area contributed by atoms with E-state index in [4.69, 9.17) is 23.7 Å². The lowest BCUT2D eigenvalue weighted by Gasteiger charge is -2.47. The number of carbonyl (C=O) groups is 2. The number of aliphatic hydroxyl groups is 2. The number of para-hydroxylation sites is 3. The summed E-state index contributed by atoms with van der Waals surface area (Å²) in [6, 6.07) is 20.7. The fourth-order valence-electron chi connectivity index (χ4n) is 7.21. The number of hydrogen-bond donors (Lipinski definition) is 3. The Morgan fingerprint density at radius 2 is 1.44 bits per heavy atom. The first-order chi connectivity index (χ1) is 24.9. The van der Waals surface area contributed by atoms with Crippen molar-refractivity contribution in [2.45, 2.75) is 69.2 Å². The molecule has 52 heavy (non-hydrogen) atoms. The average molecular weight is 722 g/mol. The maximum atomic E-state index is 13.9. The van der Waals surface area contributed by atoms with Crippen molar-refractivity contribution in [3.05, 3.63) is 99.6 Å². The normalized spacial score (nSPS) is 25.0. The van der Waals surface area contributed by atoms with Crippen LogP contribution >= 0.6 is 0 Å². The number of nitrogens with one attached hydrogen (secondary N) is 1. The quantitative estimate of drug-likeness (QED) is 0.105. The smallest absolute Gasteiger partial charge is 0.328 e. The predicted molar refractivity (Wildman–Crippen MR) is 189 cm³/mol. The molecule has 2 unspecified atom stereocenters. The summed E-state index contributed by atoms with van der Waals surface area (Å²) >= 11 is 0. The first-order valence-corrected chi connectivity index (χ1v) is 17.2. The van der Waals surface area contributed by atoms with Crippen molar-refractivity contribution >= 4 is 11.9 Å². The van der Waals surface area contributed by atoms with Crippen molar-refractivity contribution in [1.82, 2.24) is 10.2 Å². The Hall–Kier alpha value is -4.76. The molecule has 14 nitrogen and oxygen atoms in total. The second-order valence-electron chi connectivity index (χ2n) is 13.6. The molecule has 2 aliphatic heterocycles. The number of benzene rings is 3. The lowest BCUT2D eigenvalue weighted by Crippen LogP contribution is -2.67. The number of urea groups is 1. The Kier molecular flexibility index (Phi) is 12.0. The fourth-order valence-corrected chi connectivity index (χ4v) is 7.21. The summed E-state index contributed by atoms with van der Waals surface area (Å²) in [4.78, 5) is 39.3. The van der Waals surface area contributed by atoms with Crippen LogP contribution in [0.2, 0.25) is 0 Å². The average Bonchev–Trinajstić information content (AvgIpc) is 3.42. The number of hydrogen-bond acceptors (Lipinski definition) is 11. The van der Waals surface area contributed by atoms with Crippen LogP contribution in [0.15, 0.2) is 72.8 Å². The molecule has 3 aromatic rings. The number of ether oxygens (including phenoxy) is 5. The summed E-state index contributed by atoms with van der Waals surface area (Å²) in [6.45, 7) is 1.15. The third kappa shape index (κ3) is 8.31. The molecule has 2 heterocycles. The van der Waals surface area contributed by atoms with Crippen molar-refractivity contribution < 1.29 is 48.4 Å². The van der Waals surface area contributed by atoms with Crippen molar-refractivity contribution in [1.29, 1.82) is 0 Å². The number of imide groups is 1. The van der Waals surface area contributed by atoms with E-state index in [1.165, 1.54) is 26.2 Å². The lowest BCUT2D eigenvalue weighted by atomic mass is 9.79. The molecular formula is C38H47N3O11. The van der Waals surface area contributed by atoms with E-state index >= 15 is 0 Å². The molecule has 0 bridgehead atoms. The summed E-state index contributed by atoms with van der Waals surface area (Å²) in [5.74, 6) is -0.930. The molecular weight excluding hydrogens is 674 g/mol. The van der Waals surface area contributed by atoms with Crippen LogP contribution in [-0.4, -0.2) is 96.7 Å². The molecule has 2 aliphatic rings. The Balaban J connectivity index is 1.57. The Morgan fingerprint density at radius 3 is 2.02 bits per heavy atom. The highest BCUT2D eigenvalue weighted by molar-refractivity contribution is 6.00. The van der Waals surface area contributed by atoms with Gasteiger partial charge >= 0.3 is 6.03 Å². The molecule has 0 aromatic heterocycles. The highest BCUT2D eigenvalue weighted by Crippen LogP contribution is 2.48. The van der Waals surface area contributed by atoms with Gasteiger partial charge in [-0.05, 0) is 54.7 Å². The molecule has 14 heteroatoms. The van der Waals surface area contributed by atoms with Crippen molar-refractivity contribution in [3.8, 4) is 17.2 Å². The van der Waals surface area contributed by atoms with E-state index < -0.39 is 46.0 Å². The van der Waals surface area contributed by atoms with Gasteiger partial charge in [-0.1, -0.05) is 54.6 Å². The number of aliphatic hydroxyl groups excluding tert-OH is 1. The zero-order valence-corrected chi connectivity index (χ0v) is 29.9. The molecule has 280 valence electrons. The van der Waals surface area contributed by atoms with Gasteiger partial charge in [0.1, 0.15) is 29.0 Å². The lowest BCUT2D eigenvalue weighted by molar-refractivity contribution is -0.480. The molecule has 0 radical (unpaired) electrons. The van der Waals surface area contributed by atoms with E-state index in [0.29, 0.717) is 28.4 Å². The van der Waals surface area contributed by atoms with Crippen molar-refractivity contribution in [2.75, 3.05) is 41.0 Å². The number of nitro groups is 1. The summed E-state index contributed by atoms with van der Waals surface area (Å²) < 4.78 is 29.8. The molecule has 5 rings (SSSR count). The van der Waals surface area contributed by atoms with Crippen LogP contribution in [0.4, 0.5) is 4.79 Å². The van der Waals surface area contributed by atoms with E-state index in [9.17, 15) is 29.9 Å². The zero-order chi connectivity index (χ0) is 37.5. The molecule has 5 atom stereocenters. The van der Waals surface area contributed by atoms with E-state index in [1.807, 2.05) is 18.2 Å². The SMILES string of the molecule is COc1ccccc1CC(O)[C@H]1O[C@@](OCCCC[N+](=O)[O-])(N2CC(C)(Cc3ccccc3OC)C(=O)NC2=O)C[C@@]1(O)Cc1ccccc1OC. The summed E-state index contributed by atoms with van der Waals surface area (Å²) in [7, 11) is 4.56. The maximum absolute atomic E-state index is 13.9. The standard InChI is InChI=1S/C38H47N3O11/c1-36(22-27-14-6-9-17-31(27)49-3)25-40(35(44)39-34(36)43)38(51-20-12-11-19-41(46)47)24-37(45,23-28-15-7-10-18-32(28)50-4)33(52-38)29(42)21-26-13-5-8-16-30(26)48-2/h5-10,13-18,29,33,42,45H,11-12,19-25H2,1-4H3,(H,39,43,44)/t29?,33-,36?,37+,38-/m1/s1. The van der Waals surface area contributed by atoms with Gasteiger partial charge in [-0.25, -0.2) is 4.79 Å². The minimum atomic E-state index is -2.01. The number of amides is 3. The molecule has 0 saturated carbocycles. The van der Waals surface area contributed by atoms with Gasteiger partial charge in [-0.3, -0.25) is 25.1 Å². The number of unbranched alkanes of at least 4 members (excludes halogenated alkanes) is 1. The minimum Gasteiger partial charge on any atom is -0.496 e. The van der Waals surface area contributed by atoms with Crippen LogP contribution in [0.3, 0.4) is 0 Å². The number of rotatable bonds is 17. The molecule has 2 fully saturated rings. The van der Waals surface area contributed by atoms with Crippen LogP contribution in [0.1, 0.15) is 42.9 Å².